The van der Waals surface area contributed by atoms with Gasteiger partial charge in [-0.15, -0.1) is 0 Å². The fourth-order valence-corrected chi connectivity index (χ4v) is 1.28. The molecular weight excluding hydrogens is 247 g/mol. The van der Waals surface area contributed by atoms with Crippen molar-refractivity contribution in [3.63, 3.8) is 0 Å². The largest absolute Gasteiger partial charge is 0.419 e. The summed E-state index contributed by atoms with van der Waals surface area (Å²) in [6.07, 6.45) is -7.81. The highest BCUT2D eigenvalue weighted by Gasteiger charge is 2.39. The van der Waals surface area contributed by atoms with E-state index in [9.17, 15) is 22.0 Å². The maximum absolute atomic E-state index is 12.6. The normalized spacial score (nSPS) is 11.6. The van der Waals surface area contributed by atoms with Crippen LogP contribution in [0.4, 0.5) is 22.0 Å². The summed E-state index contributed by atoms with van der Waals surface area (Å²) in [5.41, 5.74) is -4.76. The van der Waals surface area contributed by atoms with E-state index in [0.29, 0.717) is 6.20 Å². The second-order valence-electron chi connectivity index (χ2n) is 2.98. The van der Waals surface area contributed by atoms with Crippen LogP contribution in [0.2, 0.25) is 0 Å². The fraction of sp³-hybridized carbons (Fsp3) is 0.333. The first-order chi connectivity index (χ1) is 7.82. The number of nitriles is 1. The number of hydrogen-bond acceptors (Lipinski definition) is 3. The zero-order valence-corrected chi connectivity index (χ0v) is 8.09. The maximum atomic E-state index is 12.6. The molecule has 1 N–H and O–H groups in total. The Morgan fingerprint density at radius 3 is 2.35 bits per heavy atom. The SMILES string of the molecule is N#Cc1c(C(F)F)cnc(CO)c1C(F)(F)F. The zero-order chi connectivity index (χ0) is 13.2. The summed E-state index contributed by atoms with van der Waals surface area (Å²) >= 11 is 0. The number of aliphatic hydroxyl groups excluding tert-OH is 1. The predicted octanol–water partition coefficient (Wildman–Crippen LogP) is 2.40. The van der Waals surface area contributed by atoms with E-state index < -0.39 is 41.6 Å². The molecule has 0 aliphatic rings. The van der Waals surface area contributed by atoms with Gasteiger partial charge >= 0.3 is 6.18 Å². The lowest BCUT2D eigenvalue weighted by molar-refractivity contribution is -0.139. The van der Waals surface area contributed by atoms with Crippen LogP contribution in [0.5, 0.6) is 0 Å². The third-order valence-corrected chi connectivity index (χ3v) is 1.97. The minimum absolute atomic E-state index is 0.462. The average molecular weight is 252 g/mol. The van der Waals surface area contributed by atoms with Crippen LogP contribution in [0.1, 0.15) is 28.8 Å². The summed E-state index contributed by atoms with van der Waals surface area (Å²) in [6, 6.07) is 1.08. The molecule has 0 saturated carbocycles. The highest BCUT2D eigenvalue weighted by molar-refractivity contribution is 5.47. The highest BCUT2D eigenvalue weighted by atomic mass is 19.4. The van der Waals surface area contributed by atoms with Crippen LogP contribution in [0, 0.1) is 11.3 Å². The first-order valence-electron chi connectivity index (χ1n) is 4.21. The van der Waals surface area contributed by atoms with Crippen molar-refractivity contribution >= 4 is 0 Å². The van der Waals surface area contributed by atoms with Gasteiger partial charge in [-0.1, -0.05) is 0 Å². The van der Waals surface area contributed by atoms with Crippen molar-refractivity contribution in [3.05, 3.63) is 28.6 Å². The van der Waals surface area contributed by atoms with E-state index >= 15 is 0 Å². The molecule has 0 aliphatic heterocycles. The van der Waals surface area contributed by atoms with Crippen LogP contribution in [-0.2, 0) is 12.8 Å². The molecule has 1 rings (SSSR count). The zero-order valence-electron chi connectivity index (χ0n) is 8.09. The van der Waals surface area contributed by atoms with Gasteiger partial charge in [-0.3, -0.25) is 4.98 Å². The van der Waals surface area contributed by atoms with Crippen LogP contribution in [0.25, 0.3) is 0 Å². The summed E-state index contributed by atoms with van der Waals surface area (Å²) in [4.78, 5) is 3.09. The Kier molecular flexibility index (Phi) is 3.63. The maximum Gasteiger partial charge on any atom is 0.419 e. The summed E-state index contributed by atoms with van der Waals surface area (Å²) in [7, 11) is 0. The standard InChI is InChI=1S/C9H5F5N2O/c10-8(11)5-2-16-6(3-17)7(4(5)1-15)9(12,13)14/h2,8,17H,3H2. The highest BCUT2D eigenvalue weighted by Crippen LogP contribution is 2.37. The molecule has 0 spiro atoms. The number of rotatable bonds is 2. The third kappa shape index (κ3) is 2.50. The minimum Gasteiger partial charge on any atom is -0.390 e. The van der Waals surface area contributed by atoms with Crippen molar-refractivity contribution in [2.75, 3.05) is 0 Å². The number of hydrogen-bond donors (Lipinski definition) is 1. The number of halogens is 5. The Hall–Kier alpha value is -1.75. The topological polar surface area (TPSA) is 56.9 Å². The molecular formula is C9H5F5N2O. The molecule has 1 aromatic rings. The Labute approximate surface area is 92.1 Å². The molecule has 0 fully saturated rings. The van der Waals surface area contributed by atoms with E-state index in [1.54, 1.807) is 0 Å². The van der Waals surface area contributed by atoms with Gasteiger partial charge in [0.2, 0.25) is 0 Å². The number of aliphatic hydroxyl groups is 1. The second kappa shape index (κ2) is 4.63. The number of aromatic nitrogens is 1. The lowest BCUT2D eigenvalue weighted by Crippen LogP contribution is -2.15. The molecule has 0 atom stereocenters. The van der Waals surface area contributed by atoms with Crippen LogP contribution < -0.4 is 0 Å². The van der Waals surface area contributed by atoms with E-state index in [0.717, 1.165) is 6.07 Å². The Morgan fingerprint density at radius 1 is 1.41 bits per heavy atom. The van der Waals surface area contributed by atoms with Crippen molar-refractivity contribution in [2.45, 2.75) is 19.2 Å². The van der Waals surface area contributed by atoms with Crippen molar-refractivity contribution in [1.82, 2.24) is 4.98 Å². The van der Waals surface area contributed by atoms with Gasteiger partial charge in [-0.2, -0.15) is 18.4 Å². The molecule has 0 radical (unpaired) electrons. The van der Waals surface area contributed by atoms with Gasteiger partial charge in [0, 0.05) is 6.20 Å². The minimum atomic E-state index is -5.03. The molecule has 0 aliphatic carbocycles. The van der Waals surface area contributed by atoms with Gasteiger partial charge in [0.25, 0.3) is 6.43 Å². The van der Waals surface area contributed by atoms with Crippen LogP contribution in [0.15, 0.2) is 6.20 Å². The van der Waals surface area contributed by atoms with Crippen molar-refractivity contribution in [1.29, 1.82) is 5.26 Å². The van der Waals surface area contributed by atoms with Gasteiger partial charge in [0.05, 0.1) is 29.0 Å². The molecule has 1 heterocycles. The summed E-state index contributed by atoms with van der Waals surface area (Å²) in [6.45, 7) is -1.09. The molecule has 0 saturated heterocycles. The first-order valence-corrected chi connectivity index (χ1v) is 4.21. The summed E-state index contributed by atoms with van der Waals surface area (Å²) < 4.78 is 62.5. The van der Waals surface area contributed by atoms with Gasteiger partial charge in [0.15, 0.2) is 0 Å². The summed E-state index contributed by atoms with van der Waals surface area (Å²) in [5, 5.41) is 17.2. The smallest absolute Gasteiger partial charge is 0.390 e. The van der Waals surface area contributed by atoms with Gasteiger partial charge in [0.1, 0.15) is 6.07 Å². The molecule has 1 aromatic heterocycles. The third-order valence-electron chi connectivity index (χ3n) is 1.97. The number of alkyl halides is 5. The average Bonchev–Trinajstić information content (AvgIpc) is 2.25. The van der Waals surface area contributed by atoms with E-state index in [4.69, 9.17) is 10.4 Å². The van der Waals surface area contributed by atoms with Gasteiger partial charge < -0.3 is 5.11 Å². The quantitative estimate of drug-likeness (QED) is 0.822. The van der Waals surface area contributed by atoms with Crippen LogP contribution in [-0.4, -0.2) is 10.1 Å². The van der Waals surface area contributed by atoms with E-state index in [1.807, 2.05) is 0 Å². The lowest BCUT2D eigenvalue weighted by Gasteiger charge is -2.14. The molecule has 0 bridgehead atoms. The Morgan fingerprint density at radius 2 is 2.00 bits per heavy atom. The molecule has 0 aromatic carbocycles. The van der Waals surface area contributed by atoms with E-state index in [1.165, 1.54) is 0 Å². The molecule has 0 amide bonds. The Balaban J connectivity index is 3.63. The predicted molar refractivity (Wildman–Crippen MR) is 44.8 cm³/mol. The second-order valence-corrected chi connectivity index (χ2v) is 2.98. The lowest BCUT2D eigenvalue weighted by atomic mass is 10.0. The van der Waals surface area contributed by atoms with Gasteiger partial charge in [-0.05, 0) is 0 Å². The number of pyridine rings is 1. The molecule has 92 valence electrons. The fourth-order valence-electron chi connectivity index (χ4n) is 1.28. The first kappa shape index (κ1) is 13.3. The van der Waals surface area contributed by atoms with Gasteiger partial charge in [-0.25, -0.2) is 8.78 Å². The molecule has 0 unspecified atom stereocenters. The Bertz CT molecular complexity index is 464. The van der Waals surface area contributed by atoms with E-state index in [2.05, 4.69) is 4.98 Å². The summed E-state index contributed by atoms with van der Waals surface area (Å²) in [5.74, 6) is 0. The van der Waals surface area contributed by atoms with Crippen molar-refractivity contribution < 1.29 is 27.1 Å². The van der Waals surface area contributed by atoms with Crippen LogP contribution >= 0.6 is 0 Å². The van der Waals surface area contributed by atoms with Crippen molar-refractivity contribution in [3.8, 4) is 6.07 Å². The van der Waals surface area contributed by atoms with Crippen LogP contribution in [0.3, 0.4) is 0 Å². The van der Waals surface area contributed by atoms with E-state index in [-0.39, 0.29) is 0 Å². The molecule has 3 nitrogen and oxygen atoms in total. The van der Waals surface area contributed by atoms with Crippen molar-refractivity contribution in [2.24, 2.45) is 0 Å². The number of nitrogens with zero attached hydrogens (tertiary/aromatic N) is 2. The molecule has 17 heavy (non-hydrogen) atoms. The molecule has 8 heteroatoms. The monoisotopic (exact) mass is 252 g/mol.